The predicted molar refractivity (Wildman–Crippen MR) is 138 cm³/mol. The molecule has 0 spiro atoms. The summed E-state index contributed by atoms with van der Waals surface area (Å²) >= 11 is 0. The normalized spacial score (nSPS) is 23.8. The summed E-state index contributed by atoms with van der Waals surface area (Å²) in [7, 11) is 1.74. The molecule has 6 nitrogen and oxygen atoms in total. The fourth-order valence-corrected chi connectivity index (χ4v) is 6.48. The first kappa shape index (κ1) is 26.9. The molecule has 2 aromatic carbocycles. The number of hydrogen-bond acceptors (Lipinski definition) is 4. The van der Waals surface area contributed by atoms with Gasteiger partial charge in [0.25, 0.3) is 5.91 Å². The third-order valence-corrected chi connectivity index (χ3v) is 9.01. The van der Waals surface area contributed by atoms with Crippen LogP contribution in [0.2, 0.25) is 0 Å². The number of anilines is 1. The zero-order valence-electron chi connectivity index (χ0n) is 22.2. The van der Waals surface area contributed by atoms with Crippen molar-refractivity contribution < 1.29 is 26.7 Å². The average molecular weight is 560 g/mol. The molecule has 1 N–H and O–H groups in total. The number of aryl methyl sites for hydroxylation is 1. The van der Waals surface area contributed by atoms with Gasteiger partial charge >= 0.3 is 6.18 Å². The van der Waals surface area contributed by atoms with Crippen molar-refractivity contribution in [3.8, 4) is 0 Å². The van der Waals surface area contributed by atoms with Gasteiger partial charge in [0.05, 0.1) is 17.5 Å². The molecule has 3 aliphatic rings. The average Bonchev–Trinajstić information content (AvgIpc) is 3.43. The molecule has 2 aliphatic carbocycles. The molecule has 3 aromatic rings. The summed E-state index contributed by atoms with van der Waals surface area (Å²) in [5.74, 6) is -0.781. The lowest BCUT2D eigenvalue weighted by Gasteiger charge is -2.47. The zero-order valence-corrected chi connectivity index (χ0v) is 22.2. The van der Waals surface area contributed by atoms with Gasteiger partial charge in [0.1, 0.15) is 12.2 Å². The Morgan fingerprint density at radius 1 is 1.15 bits per heavy atom. The third-order valence-electron chi connectivity index (χ3n) is 9.01. The van der Waals surface area contributed by atoms with Crippen LogP contribution < -0.4 is 10.2 Å². The number of benzene rings is 2. The summed E-state index contributed by atoms with van der Waals surface area (Å²) in [6.45, 7) is 2.06. The van der Waals surface area contributed by atoms with Crippen LogP contribution in [0.25, 0.3) is 0 Å². The SMILES string of the molecule is Cn1cnnc1C1(c2cccc(N3Cc4c(cc(CNC5(C)CCC5)cc4C(F)(F)F)C3=O)c2)CC(C(F)F)C1. The molecule has 2 heterocycles. The fraction of sp³-hybridized carbons (Fsp3) is 0.483. The summed E-state index contributed by atoms with van der Waals surface area (Å²) < 4.78 is 71.3. The number of fused-ring (bicyclic) bond motifs is 1. The lowest BCUT2D eigenvalue weighted by Crippen LogP contribution is -2.47. The molecule has 212 valence electrons. The molecule has 1 aliphatic heterocycles. The zero-order chi connectivity index (χ0) is 28.4. The number of rotatable bonds is 7. The molecule has 1 amide bonds. The van der Waals surface area contributed by atoms with Crippen molar-refractivity contribution >= 4 is 11.6 Å². The van der Waals surface area contributed by atoms with Crippen molar-refractivity contribution in [1.82, 2.24) is 20.1 Å². The van der Waals surface area contributed by atoms with Gasteiger partial charge in [-0.1, -0.05) is 12.1 Å². The van der Waals surface area contributed by atoms with Crippen molar-refractivity contribution in [2.75, 3.05) is 4.90 Å². The Morgan fingerprint density at radius 2 is 1.90 bits per heavy atom. The number of hydrogen-bond donors (Lipinski definition) is 1. The number of nitrogens with one attached hydrogen (secondary N) is 1. The number of carbonyl (C=O) groups excluding carboxylic acids is 1. The first-order valence-electron chi connectivity index (χ1n) is 13.4. The molecule has 0 atom stereocenters. The summed E-state index contributed by atoms with van der Waals surface area (Å²) in [6.07, 6.45) is -2.28. The predicted octanol–water partition coefficient (Wildman–Crippen LogP) is 5.99. The van der Waals surface area contributed by atoms with E-state index in [-0.39, 0.29) is 42.6 Å². The van der Waals surface area contributed by atoms with Crippen molar-refractivity contribution in [2.24, 2.45) is 13.0 Å². The van der Waals surface area contributed by atoms with E-state index in [2.05, 4.69) is 15.5 Å². The van der Waals surface area contributed by atoms with E-state index in [9.17, 15) is 26.7 Å². The van der Waals surface area contributed by atoms with Crippen molar-refractivity contribution in [3.05, 3.63) is 76.4 Å². The van der Waals surface area contributed by atoms with Gasteiger partial charge in [0.15, 0.2) is 0 Å². The minimum Gasteiger partial charge on any atom is -0.320 e. The second kappa shape index (κ2) is 9.36. The summed E-state index contributed by atoms with van der Waals surface area (Å²) in [4.78, 5) is 14.9. The van der Waals surface area contributed by atoms with Crippen LogP contribution >= 0.6 is 0 Å². The molecule has 0 bridgehead atoms. The van der Waals surface area contributed by atoms with E-state index < -0.39 is 35.4 Å². The lowest BCUT2D eigenvalue weighted by atomic mass is 9.58. The highest BCUT2D eigenvalue weighted by Gasteiger charge is 2.53. The monoisotopic (exact) mass is 559 g/mol. The van der Waals surface area contributed by atoms with Crippen LogP contribution in [0.4, 0.5) is 27.6 Å². The van der Waals surface area contributed by atoms with Gasteiger partial charge in [-0.3, -0.25) is 4.79 Å². The molecule has 40 heavy (non-hydrogen) atoms. The maximum absolute atomic E-state index is 14.2. The van der Waals surface area contributed by atoms with E-state index in [4.69, 9.17) is 0 Å². The summed E-state index contributed by atoms with van der Waals surface area (Å²) in [6, 6.07) is 9.57. The number of aromatic nitrogens is 3. The fourth-order valence-electron chi connectivity index (χ4n) is 6.48. The molecule has 6 rings (SSSR count). The largest absolute Gasteiger partial charge is 0.416 e. The van der Waals surface area contributed by atoms with E-state index in [1.807, 2.05) is 6.92 Å². The second-order valence-corrected chi connectivity index (χ2v) is 11.7. The Balaban J connectivity index is 1.34. The quantitative estimate of drug-likeness (QED) is 0.362. The smallest absolute Gasteiger partial charge is 0.320 e. The first-order valence-corrected chi connectivity index (χ1v) is 13.4. The van der Waals surface area contributed by atoms with Crippen LogP contribution in [0.1, 0.15) is 77.5 Å². The van der Waals surface area contributed by atoms with Crippen LogP contribution in [0.3, 0.4) is 0 Å². The van der Waals surface area contributed by atoms with Gasteiger partial charge in [-0.25, -0.2) is 8.78 Å². The Kier molecular flexibility index (Phi) is 6.28. The molecule has 11 heteroatoms. The molecule has 0 unspecified atom stereocenters. The maximum atomic E-state index is 14.2. The lowest BCUT2D eigenvalue weighted by molar-refractivity contribution is -0.138. The molecule has 2 fully saturated rings. The molecule has 1 aromatic heterocycles. The van der Waals surface area contributed by atoms with E-state index in [1.165, 1.54) is 11.2 Å². The second-order valence-electron chi connectivity index (χ2n) is 11.7. The van der Waals surface area contributed by atoms with Gasteiger partial charge in [-0.15, -0.1) is 10.2 Å². The highest BCUT2D eigenvalue weighted by Crippen LogP contribution is 2.54. The van der Waals surface area contributed by atoms with E-state index in [0.29, 0.717) is 22.6 Å². The first-order chi connectivity index (χ1) is 18.9. The molecule has 0 saturated heterocycles. The molecule has 0 radical (unpaired) electrons. The molecular formula is C29H30F5N5O. The van der Waals surface area contributed by atoms with E-state index >= 15 is 0 Å². The van der Waals surface area contributed by atoms with Crippen LogP contribution in [0.5, 0.6) is 0 Å². The minimum atomic E-state index is -4.62. The van der Waals surface area contributed by atoms with Crippen molar-refractivity contribution in [2.45, 2.75) is 75.7 Å². The van der Waals surface area contributed by atoms with Gasteiger partial charge in [-0.2, -0.15) is 13.2 Å². The van der Waals surface area contributed by atoms with Crippen LogP contribution in [-0.4, -0.2) is 32.6 Å². The van der Waals surface area contributed by atoms with Crippen molar-refractivity contribution in [1.29, 1.82) is 0 Å². The molecular weight excluding hydrogens is 529 g/mol. The Bertz CT molecular complexity index is 1460. The Labute approximate surface area is 228 Å². The number of nitrogens with zero attached hydrogens (tertiary/aromatic N) is 4. The summed E-state index contributed by atoms with van der Waals surface area (Å²) in [5, 5.41) is 11.5. The van der Waals surface area contributed by atoms with E-state index in [0.717, 1.165) is 25.3 Å². The summed E-state index contributed by atoms with van der Waals surface area (Å²) in [5.41, 5.74) is -0.236. The highest BCUT2D eigenvalue weighted by atomic mass is 19.4. The van der Waals surface area contributed by atoms with Gasteiger partial charge < -0.3 is 14.8 Å². The Hall–Kier alpha value is -3.34. The number of alkyl halides is 5. The maximum Gasteiger partial charge on any atom is 0.416 e. The standard InChI is InChI=1S/C29H30F5N5O/c1-27(7-4-8-27)35-14-17-9-21-22(23(10-17)29(32,33)34)15-39(25(21)40)20-6-3-5-19(11-20)28(12-18(13-28)24(30)31)26-37-36-16-38(26)2/h3,5-6,9-11,16,18,24,35H,4,7-8,12-15H2,1-2H3. The van der Waals surface area contributed by atoms with Gasteiger partial charge in [0.2, 0.25) is 6.43 Å². The molecule has 2 saturated carbocycles. The Morgan fingerprint density at radius 3 is 2.50 bits per heavy atom. The topological polar surface area (TPSA) is 63.1 Å². The van der Waals surface area contributed by atoms with Gasteiger partial charge in [0, 0.05) is 36.3 Å². The number of carbonyl (C=O) groups is 1. The van der Waals surface area contributed by atoms with Crippen molar-refractivity contribution in [3.63, 3.8) is 0 Å². The third kappa shape index (κ3) is 4.38. The van der Waals surface area contributed by atoms with Crippen LogP contribution in [-0.2, 0) is 31.7 Å². The van der Waals surface area contributed by atoms with Crippen LogP contribution in [0.15, 0.2) is 42.7 Å². The van der Waals surface area contributed by atoms with Gasteiger partial charge in [-0.05, 0) is 80.0 Å². The van der Waals surface area contributed by atoms with Crippen LogP contribution in [0, 0.1) is 5.92 Å². The number of amides is 1. The number of halogens is 5. The minimum absolute atomic E-state index is 0.0419. The highest BCUT2D eigenvalue weighted by molar-refractivity contribution is 6.10. The van der Waals surface area contributed by atoms with E-state index in [1.54, 1.807) is 41.9 Å².